The van der Waals surface area contributed by atoms with Crippen LogP contribution in [0.3, 0.4) is 0 Å². The number of carbonyl (C=O) groups is 2. The van der Waals surface area contributed by atoms with Gasteiger partial charge in [0.15, 0.2) is 0 Å². The number of hydrogen-bond donors (Lipinski definition) is 2. The SMILES string of the molecule is CCC(C)(C)C(Cl)c1ccc2c(c1)NC(=O)CC(=O)N2. The standard InChI is InChI=1S/C15H19ClN2O2/c1-4-15(2,3)14(16)9-5-6-10-11(7-9)18-13(20)8-12(19)17-10/h5-7,14H,4,8H2,1-3H3,(H,17,19)(H,18,20). The number of benzene rings is 1. The molecule has 1 aliphatic heterocycles. The van der Waals surface area contributed by atoms with Gasteiger partial charge in [-0.3, -0.25) is 9.59 Å². The van der Waals surface area contributed by atoms with Crippen molar-refractivity contribution < 1.29 is 9.59 Å². The van der Waals surface area contributed by atoms with Crippen molar-refractivity contribution >= 4 is 34.8 Å². The predicted octanol–water partition coefficient (Wildman–Crippen LogP) is 3.68. The van der Waals surface area contributed by atoms with Crippen molar-refractivity contribution in [2.45, 2.75) is 39.0 Å². The third-order valence-corrected chi connectivity index (χ3v) is 4.65. The lowest BCUT2D eigenvalue weighted by Gasteiger charge is -2.29. The molecule has 0 saturated heterocycles. The number of halogens is 1. The van der Waals surface area contributed by atoms with E-state index in [1.165, 1.54) is 0 Å². The summed E-state index contributed by atoms with van der Waals surface area (Å²) < 4.78 is 0. The number of fused-ring (bicyclic) bond motifs is 1. The molecule has 0 spiro atoms. The second-order valence-electron chi connectivity index (χ2n) is 5.78. The van der Waals surface area contributed by atoms with Crippen LogP contribution in [0.15, 0.2) is 18.2 Å². The van der Waals surface area contributed by atoms with Gasteiger partial charge in [0.05, 0.1) is 16.8 Å². The maximum Gasteiger partial charge on any atom is 0.233 e. The molecule has 108 valence electrons. The summed E-state index contributed by atoms with van der Waals surface area (Å²) >= 11 is 6.55. The molecule has 0 radical (unpaired) electrons. The lowest BCUT2D eigenvalue weighted by atomic mass is 9.82. The summed E-state index contributed by atoms with van der Waals surface area (Å²) in [6, 6.07) is 5.52. The molecular weight excluding hydrogens is 276 g/mol. The van der Waals surface area contributed by atoms with Crippen molar-refractivity contribution in [3.8, 4) is 0 Å². The van der Waals surface area contributed by atoms with Gasteiger partial charge in [-0.15, -0.1) is 11.6 Å². The van der Waals surface area contributed by atoms with Gasteiger partial charge in [0.25, 0.3) is 0 Å². The Hall–Kier alpha value is -1.55. The monoisotopic (exact) mass is 294 g/mol. The molecule has 0 aliphatic carbocycles. The van der Waals surface area contributed by atoms with E-state index in [0.717, 1.165) is 12.0 Å². The molecule has 1 atom stereocenters. The van der Waals surface area contributed by atoms with Crippen LogP contribution < -0.4 is 10.6 Å². The Morgan fingerprint density at radius 2 is 1.80 bits per heavy atom. The van der Waals surface area contributed by atoms with Crippen molar-refractivity contribution in [2.24, 2.45) is 5.41 Å². The first-order valence-corrected chi connectivity index (χ1v) is 7.15. The Kier molecular flexibility index (Phi) is 4.04. The predicted molar refractivity (Wildman–Crippen MR) is 81.0 cm³/mol. The topological polar surface area (TPSA) is 58.2 Å². The number of hydrogen-bond acceptors (Lipinski definition) is 2. The molecule has 0 aromatic heterocycles. The zero-order valence-corrected chi connectivity index (χ0v) is 12.7. The summed E-state index contributed by atoms with van der Waals surface area (Å²) in [6.07, 6.45) is 0.788. The third kappa shape index (κ3) is 2.96. The van der Waals surface area contributed by atoms with Crippen LogP contribution in [0.25, 0.3) is 0 Å². The molecule has 2 rings (SSSR count). The fourth-order valence-corrected chi connectivity index (χ4v) is 2.39. The van der Waals surface area contributed by atoms with Crippen LogP contribution in [0.5, 0.6) is 0 Å². The fraction of sp³-hybridized carbons (Fsp3) is 0.467. The van der Waals surface area contributed by atoms with E-state index >= 15 is 0 Å². The molecule has 2 amide bonds. The molecule has 0 bridgehead atoms. The number of carbonyl (C=O) groups excluding carboxylic acids is 2. The number of alkyl halides is 1. The lowest BCUT2D eigenvalue weighted by Crippen LogP contribution is -2.17. The highest BCUT2D eigenvalue weighted by Gasteiger charge is 2.28. The van der Waals surface area contributed by atoms with Crippen LogP contribution in [0.2, 0.25) is 0 Å². The van der Waals surface area contributed by atoms with Gasteiger partial charge in [-0.2, -0.15) is 0 Å². The fourth-order valence-electron chi connectivity index (χ4n) is 2.10. The van der Waals surface area contributed by atoms with Crippen molar-refractivity contribution in [3.05, 3.63) is 23.8 Å². The molecule has 1 unspecified atom stereocenters. The van der Waals surface area contributed by atoms with E-state index in [4.69, 9.17) is 11.6 Å². The van der Waals surface area contributed by atoms with Gasteiger partial charge in [0.2, 0.25) is 11.8 Å². The zero-order valence-electron chi connectivity index (χ0n) is 11.9. The minimum atomic E-state index is -0.306. The van der Waals surface area contributed by atoms with Crippen LogP contribution in [0, 0.1) is 5.41 Å². The maximum atomic E-state index is 11.6. The van der Waals surface area contributed by atoms with Gasteiger partial charge >= 0.3 is 0 Å². The number of amides is 2. The average Bonchev–Trinajstić information content (AvgIpc) is 2.53. The van der Waals surface area contributed by atoms with E-state index in [-0.39, 0.29) is 29.0 Å². The Bertz CT molecular complexity index is 555. The summed E-state index contributed by atoms with van der Waals surface area (Å²) in [5, 5.41) is 5.28. The third-order valence-electron chi connectivity index (χ3n) is 3.80. The van der Waals surface area contributed by atoms with Crippen molar-refractivity contribution in [1.82, 2.24) is 0 Å². The second-order valence-corrected chi connectivity index (χ2v) is 6.22. The first-order valence-electron chi connectivity index (χ1n) is 6.71. The molecule has 20 heavy (non-hydrogen) atoms. The van der Waals surface area contributed by atoms with Crippen molar-refractivity contribution in [1.29, 1.82) is 0 Å². The van der Waals surface area contributed by atoms with Gasteiger partial charge < -0.3 is 10.6 Å². The van der Waals surface area contributed by atoms with E-state index in [2.05, 4.69) is 31.4 Å². The van der Waals surface area contributed by atoms with Gasteiger partial charge in [-0.25, -0.2) is 0 Å². The molecule has 0 saturated carbocycles. The molecule has 5 heteroatoms. The van der Waals surface area contributed by atoms with E-state index in [1.54, 1.807) is 6.07 Å². The summed E-state index contributed by atoms with van der Waals surface area (Å²) in [4.78, 5) is 23.1. The quantitative estimate of drug-likeness (QED) is 0.660. The van der Waals surface area contributed by atoms with Gasteiger partial charge in [0, 0.05) is 0 Å². The molecule has 1 aliphatic rings. The van der Waals surface area contributed by atoms with E-state index in [9.17, 15) is 9.59 Å². The maximum absolute atomic E-state index is 11.6. The highest BCUT2D eigenvalue weighted by molar-refractivity contribution is 6.21. The summed E-state index contributed by atoms with van der Waals surface area (Å²) in [6.45, 7) is 6.31. The number of nitrogens with one attached hydrogen (secondary N) is 2. The first kappa shape index (κ1) is 14.9. The zero-order chi connectivity index (χ0) is 14.9. The first-order chi connectivity index (χ1) is 9.33. The van der Waals surface area contributed by atoms with E-state index < -0.39 is 0 Å². The van der Waals surface area contributed by atoms with E-state index in [0.29, 0.717) is 11.4 Å². The number of rotatable bonds is 3. The average molecular weight is 295 g/mol. The van der Waals surface area contributed by atoms with Gasteiger partial charge in [-0.05, 0) is 29.5 Å². The summed E-state index contributed by atoms with van der Waals surface area (Å²) in [5.41, 5.74) is 2.11. The molecule has 1 aromatic rings. The molecule has 2 N–H and O–H groups in total. The van der Waals surface area contributed by atoms with Crippen LogP contribution in [0.4, 0.5) is 11.4 Å². The smallest absolute Gasteiger partial charge is 0.233 e. The van der Waals surface area contributed by atoms with Gasteiger partial charge in [0.1, 0.15) is 6.42 Å². The Morgan fingerprint density at radius 1 is 1.20 bits per heavy atom. The summed E-state index contributed by atoms with van der Waals surface area (Å²) in [7, 11) is 0. The Labute approximate surface area is 123 Å². The Morgan fingerprint density at radius 3 is 2.40 bits per heavy atom. The number of anilines is 2. The lowest BCUT2D eigenvalue weighted by molar-refractivity contribution is -0.123. The molecule has 4 nitrogen and oxygen atoms in total. The minimum Gasteiger partial charge on any atom is -0.324 e. The Balaban J connectivity index is 2.37. The largest absolute Gasteiger partial charge is 0.324 e. The van der Waals surface area contributed by atoms with Crippen molar-refractivity contribution in [2.75, 3.05) is 10.6 Å². The highest BCUT2D eigenvalue weighted by Crippen LogP contribution is 2.43. The summed E-state index contributed by atoms with van der Waals surface area (Å²) in [5.74, 6) is -0.607. The van der Waals surface area contributed by atoms with E-state index in [1.807, 2.05) is 12.1 Å². The van der Waals surface area contributed by atoms with Gasteiger partial charge in [-0.1, -0.05) is 26.8 Å². The minimum absolute atomic E-state index is 0.0478. The van der Waals surface area contributed by atoms with Crippen LogP contribution in [-0.2, 0) is 9.59 Å². The highest BCUT2D eigenvalue weighted by atomic mass is 35.5. The second kappa shape index (κ2) is 5.44. The molecule has 0 fully saturated rings. The van der Waals surface area contributed by atoms with Crippen molar-refractivity contribution in [3.63, 3.8) is 0 Å². The molecule has 1 heterocycles. The molecular formula is C15H19ClN2O2. The van der Waals surface area contributed by atoms with Crippen LogP contribution in [-0.4, -0.2) is 11.8 Å². The normalized spacial score (nSPS) is 16.8. The van der Waals surface area contributed by atoms with Crippen LogP contribution in [0.1, 0.15) is 44.6 Å². The van der Waals surface area contributed by atoms with Crippen LogP contribution >= 0.6 is 11.6 Å². The molecule has 1 aromatic carbocycles.